The fourth-order valence-corrected chi connectivity index (χ4v) is 2.18. The molecule has 2 aromatic carbocycles. The molecule has 0 aliphatic rings. The Labute approximate surface area is 160 Å². The van der Waals surface area contributed by atoms with Gasteiger partial charge in [0.1, 0.15) is 11.5 Å². The van der Waals surface area contributed by atoms with Crippen LogP contribution in [0.5, 0.6) is 11.5 Å². The minimum atomic E-state index is 0. The van der Waals surface area contributed by atoms with Crippen LogP contribution in [0.4, 0.5) is 0 Å². The minimum absolute atomic E-state index is 0. The average Bonchev–Trinajstić information content (AvgIpc) is 2.62. The number of hydrogen-bond acceptors (Lipinski definition) is 3. The average molecular weight is 441 g/mol. The van der Waals surface area contributed by atoms with E-state index in [-0.39, 0.29) is 24.0 Å². The zero-order chi connectivity index (χ0) is 16.5. The second kappa shape index (κ2) is 10.7. The molecule has 0 aromatic heterocycles. The predicted molar refractivity (Wildman–Crippen MR) is 108 cm³/mol. The van der Waals surface area contributed by atoms with Gasteiger partial charge in [0, 0.05) is 31.8 Å². The van der Waals surface area contributed by atoms with Crippen LogP contribution in [-0.4, -0.2) is 27.2 Å². The van der Waals surface area contributed by atoms with Crippen LogP contribution in [0, 0.1) is 0 Å². The van der Waals surface area contributed by atoms with Crippen LogP contribution in [-0.2, 0) is 13.1 Å². The summed E-state index contributed by atoms with van der Waals surface area (Å²) in [5, 5.41) is 6.58. The summed E-state index contributed by atoms with van der Waals surface area (Å²) in [7, 11) is 5.05. The van der Waals surface area contributed by atoms with E-state index < -0.39 is 0 Å². The Balaban J connectivity index is 0.00000288. The molecule has 24 heavy (non-hydrogen) atoms. The van der Waals surface area contributed by atoms with Gasteiger partial charge < -0.3 is 20.1 Å². The van der Waals surface area contributed by atoms with E-state index >= 15 is 0 Å². The van der Waals surface area contributed by atoms with Crippen molar-refractivity contribution in [3.8, 4) is 11.5 Å². The molecule has 2 rings (SSSR count). The topological polar surface area (TPSA) is 54.9 Å². The summed E-state index contributed by atoms with van der Waals surface area (Å²) in [5.74, 6) is 2.30. The lowest BCUT2D eigenvalue weighted by molar-refractivity contribution is 0.390. The summed E-state index contributed by atoms with van der Waals surface area (Å²) in [5.41, 5.74) is 2.24. The van der Waals surface area contributed by atoms with Gasteiger partial charge in [-0.3, -0.25) is 4.99 Å². The van der Waals surface area contributed by atoms with Gasteiger partial charge in [0.05, 0.1) is 14.2 Å². The lowest BCUT2D eigenvalue weighted by Gasteiger charge is -2.14. The maximum absolute atomic E-state index is 5.40. The third kappa shape index (κ3) is 5.92. The second-order valence-corrected chi connectivity index (χ2v) is 4.94. The fourth-order valence-electron chi connectivity index (χ4n) is 2.18. The highest BCUT2D eigenvalue weighted by atomic mass is 127. The number of halogens is 1. The van der Waals surface area contributed by atoms with Gasteiger partial charge >= 0.3 is 0 Å². The lowest BCUT2D eigenvalue weighted by atomic mass is 10.2. The molecule has 0 saturated heterocycles. The summed E-state index contributed by atoms with van der Waals surface area (Å²) < 4.78 is 10.6. The number of guanidine groups is 1. The second-order valence-electron chi connectivity index (χ2n) is 4.94. The number of nitrogens with zero attached hydrogens (tertiary/aromatic N) is 1. The Kier molecular flexibility index (Phi) is 8.99. The maximum atomic E-state index is 5.40. The lowest BCUT2D eigenvalue weighted by Crippen LogP contribution is -2.36. The number of rotatable bonds is 6. The molecule has 0 amide bonds. The van der Waals surface area contributed by atoms with Crippen LogP contribution in [0.1, 0.15) is 11.1 Å². The molecule has 0 unspecified atom stereocenters. The van der Waals surface area contributed by atoms with Crippen molar-refractivity contribution in [1.29, 1.82) is 0 Å². The van der Waals surface area contributed by atoms with E-state index in [0.29, 0.717) is 6.54 Å². The fraction of sp³-hybridized carbons (Fsp3) is 0.278. The molecule has 6 heteroatoms. The van der Waals surface area contributed by atoms with Crippen molar-refractivity contribution in [2.75, 3.05) is 21.3 Å². The highest BCUT2D eigenvalue weighted by Crippen LogP contribution is 2.24. The Morgan fingerprint density at radius 3 is 2.29 bits per heavy atom. The molecule has 2 aromatic rings. The van der Waals surface area contributed by atoms with Crippen molar-refractivity contribution >= 4 is 29.9 Å². The first kappa shape index (κ1) is 20.1. The largest absolute Gasteiger partial charge is 0.497 e. The smallest absolute Gasteiger partial charge is 0.191 e. The SMILES string of the molecule is CN=C(NCc1ccccc1)NCc1ccc(OC)cc1OC.I. The number of hydrogen-bond donors (Lipinski definition) is 2. The van der Waals surface area contributed by atoms with Crippen molar-refractivity contribution in [1.82, 2.24) is 10.6 Å². The maximum Gasteiger partial charge on any atom is 0.191 e. The van der Waals surface area contributed by atoms with Crippen LogP contribution in [0.3, 0.4) is 0 Å². The van der Waals surface area contributed by atoms with Crippen LogP contribution < -0.4 is 20.1 Å². The van der Waals surface area contributed by atoms with Crippen molar-refractivity contribution in [3.05, 3.63) is 59.7 Å². The first-order valence-corrected chi connectivity index (χ1v) is 7.46. The van der Waals surface area contributed by atoms with E-state index in [1.54, 1.807) is 21.3 Å². The molecule has 0 fully saturated rings. The number of benzene rings is 2. The van der Waals surface area contributed by atoms with Crippen LogP contribution in [0.2, 0.25) is 0 Å². The number of ether oxygens (including phenoxy) is 2. The zero-order valence-corrected chi connectivity index (χ0v) is 16.5. The summed E-state index contributed by atoms with van der Waals surface area (Å²) in [4.78, 5) is 4.24. The molecular weight excluding hydrogens is 417 g/mol. The molecule has 0 atom stereocenters. The highest BCUT2D eigenvalue weighted by Gasteiger charge is 2.06. The van der Waals surface area contributed by atoms with E-state index in [1.807, 2.05) is 36.4 Å². The molecular formula is C18H24IN3O2. The number of nitrogens with one attached hydrogen (secondary N) is 2. The first-order chi connectivity index (χ1) is 11.3. The monoisotopic (exact) mass is 441 g/mol. The van der Waals surface area contributed by atoms with Gasteiger partial charge in [0.15, 0.2) is 5.96 Å². The van der Waals surface area contributed by atoms with Crippen molar-refractivity contribution in [3.63, 3.8) is 0 Å². The van der Waals surface area contributed by atoms with Crippen molar-refractivity contribution < 1.29 is 9.47 Å². The van der Waals surface area contributed by atoms with E-state index in [1.165, 1.54) is 5.56 Å². The van der Waals surface area contributed by atoms with Gasteiger partial charge in [0.2, 0.25) is 0 Å². The Hall–Kier alpha value is -1.96. The summed E-state index contributed by atoms with van der Waals surface area (Å²) >= 11 is 0. The molecule has 0 bridgehead atoms. The molecule has 0 aliphatic heterocycles. The van der Waals surface area contributed by atoms with Crippen molar-refractivity contribution in [2.45, 2.75) is 13.1 Å². The molecule has 0 saturated carbocycles. The van der Waals surface area contributed by atoms with Gasteiger partial charge in [-0.05, 0) is 17.7 Å². The predicted octanol–water partition coefficient (Wildman–Crippen LogP) is 3.19. The third-order valence-electron chi connectivity index (χ3n) is 3.47. The molecule has 130 valence electrons. The van der Waals surface area contributed by atoms with Crippen LogP contribution >= 0.6 is 24.0 Å². The van der Waals surface area contributed by atoms with E-state index in [9.17, 15) is 0 Å². The Bertz CT molecular complexity index is 648. The molecule has 0 heterocycles. The molecule has 0 spiro atoms. The summed E-state index contributed by atoms with van der Waals surface area (Å²) in [6.45, 7) is 1.34. The van der Waals surface area contributed by atoms with Gasteiger partial charge in [-0.1, -0.05) is 30.3 Å². The van der Waals surface area contributed by atoms with Gasteiger partial charge in [-0.2, -0.15) is 0 Å². The van der Waals surface area contributed by atoms with Crippen LogP contribution in [0.15, 0.2) is 53.5 Å². The minimum Gasteiger partial charge on any atom is -0.497 e. The summed E-state index contributed by atoms with van der Waals surface area (Å²) in [6, 6.07) is 16.0. The van der Waals surface area contributed by atoms with E-state index in [2.05, 4.69) is 27.8 Å². The zero-order valence-electron chi connectivity index (χ0n) is 14.2. The quantitative estimate of drug-likeness (QED) is 0.411. The molecule has 5 nitrogen and oxygen atoms in total. The van der Waals surface area contributed by atoms with E-state index in [0.717, 1.165) is 29.6 Å². The van der Waals surface area contributed by atoms with Gasteiger partial charge in [0.25, 0.3) is 0 Å². The Morgan fingerprint density at radius 2 is 1.67 bits per heavy atom. The summed E-state index contributed by atoms with van der Waals surface area (Å²) in [6.07, 6.45) is 0. The third-order valence-corrected chi connectivity index (χ3v) is 3.47. The van der Waals surface area contributed by atoms with Crippen LogP contribution in [0.25, 0.3) is 0 Å². The standard InChI is InChI=1S/C18H23N3O2.HI/c1-19-18(20-12-14-7-5-4-6-8-14)21-13-15-9-10-16(22-2)11-17(15)23-3;/h4-11H,12-13H2,1-3H3,(H2,19,20,21);1H. The molecule has 0 aliphatic carbocycles. The normalized spacial score (nSPS) is 10.5. The van der Waals surface area contributed by atoms with E-state index in [4.69, 9.17) is 9.47 Å². The number of methoxy groups -OCH3 is 2. The highest BCUT2D eigenvalue weighted by molar-refractivity contribution is 14.0. The van der Waals surface area contributed by atoms with Crippen molar-refractivity contribution in [2.24, 2.45) is 4.99 Å². The molecule has 0 radical (unpaired) electrons. The molecule has 2 N–H and O–H groups in total. The van der Waals surface area contributed by atoms with Gasteiger partial charge in [-0.15, -0.1) is 24.0 Å². The Morgan fingerprint density at radius 1 is 0.958 bits per heavy atom. The number of aliphatic imine (C=N–C) groups is 1. The van der Waals surface area contributed by atoms with Gasteiger partial charge in [-0.25, -0.2) is 0 Å². The first-order valence-electron chi connectivity index (χ1n) is 7.46.